The molecule has 130 heavy (non-hydrogen) atoms. The molecule has 9 atom stereocenters. The Labute approximate surface area is 814 Å². The molecule has 0 aromatic heterocycles. The van der Waals surface area contributed by atoms with E-state index in [1.54, 1.807) is 0 Å². The van der Waals surface area contributed by atoms with Gasteiger partial charge in [-0.15, -0.1) is 0 Å². The van der Waals surface area contributed by atoms with Gasteiger partial charge in [-0.05, 0) is 294 Å². The molecule has 764 valence electrons. The first-order chi connectivity index (χ1) is 56.7. The molecule has 9 unspecified atom stereocenters. The second kappa shape index (κ2) is 45.0. The summed E-state index contributed by atoms with van der Waals surface area (Å²) in [7, 11) is 0. The molecule has 9 fully saturated rings. The summed E-state index contributed by atoms with van der Waals surface area (Å²) in [5.74, 6) is 2.87. The molecule has 9 aliphatic heterocycles. The Kier molecular flexibility index (Phi) is 43.5. The van der Waals surface area contributed by atoms with Crippen molar-refractivity contribution in [2.75, 3.05) is 45.3 Å². The minimum Gasteiger partial charge on any atom is -0.479 e. The fourth-order valence-electron chi connectivity index (χ4n) is 20.5. The Hall–Kier alpha value is -4.41. The molecule has 0 spiro atoms. The molecule has 9 saturated heterocycles. The number of piperazine rings is 1. The lowest BCUT2D eigenvalue weighted by molar-refractivity contribution is -0.161. The van der Waals surface area contributed by atoms with Gasteiger partial charge in [0.25, 0.3) is 5.24 Å². The highest BCUT2D eigenvalue weighted by Gasteiger charge is 2.51. The lowest BCUT2D eigenvalue weighted by atomic mass is 9.76. The third-order valence-corrected chi connectivity index (χ3v) is 27.3. The van der Waals surface area contributed by atoms with Gasteiger partial charge < -0.3 is 63.6 Å². The summed E-state index contributed by atoms with van der Waals surface area (Å²) in [5, 5.41) is 3.69. The summed E-state index contributed by atoms with van der Waals surface area (Å²) in [6.07, 6.45) is 10.4. The number of nitrogens with zero attached hydrogens (tertiary/aromatic N) is 9. The monoisotopic (exact) mass is 1840 g/mol. The van der Waals surface area contributed by atoms with Crippen LogP contribution < -0.4 is 5.32 Å². The molecular weight excluding hydrogens is 1620 g/mol. The van der Waals surface area contributed by atoms with Crippen LogP contribution in [-0.2, 0) is 19.0 Å². The zero-order valence-electron chi connectivity index (χ0n) is 95.9. The van der Waals surface area contributed by atoms with E-state index >= 15 is 0 Å². The maximum atomic E-state index is 11.8. The number of rotatable bonds is 0. The molecule has 0 bridgehead atoms. The van der Waals surface area contributed by atoms with E-state index in [1.807, 2.05) is 9.80 Å². The van der Waals surface area contributed by atoms with Crippen molar-refractivity contribution in [3.8, 4) is 0 Å². The van der Waals surface area contributed by atoms with Crippen molar-refractivity contribution < 1.29 is 23.8 Å². The highest BCUT2D eigenvalue weighted by Crippen LogP contribution is 2.48. The Morgan fingerprint density at radius 1 is 0.285 bits per heavy atom. The van der Waals surface area contributed by atoms with E-state index in [0.717, 1.165) is 69.0 Å². The molecule has 0 radical (unpaired) electrons. The lowest BCUT2D eigenvalue weighted by Crippen LogP contribution is -2.65. The summed E-state index contributed by atoms with van der Waals surface area (Å²) in [5.41, 5.74) is 9.72. The second-order valence-electron chi connectivity index (χ2n) is 57.7. The summed E-state index contributed by atoms with van der Waals surface area (Å²) in [6.45, 7) is 155. The molecule has 0 saturated carbocycles. The van der Waals surface area contributed by atoms with Gasteiger partial charge in [-0.3, -0.25) is 9.59 Å². The zero-order chi connectivity index (χ0) is 102. The quantitative estimate of drug-likeness (QED) is 0.233. The van der Waals surface area contributed by atoms with Gasteiger partial charge in [-0.2, -0.15) is 0 Å². The van der Waals surface area contributed by atoms with E-state index in [-0.39, 0.29) is 95.0 Å². The lowest BCUT2D eigenvalue weighted by Gasteiger charge is -2.54. The maximum absolute atomic E-state index is 11.8. The van der Waals surface area contributed by atoms with Crippen molar-refractivity contribution in [2.24, 2.45) is 48.7 Å². The number of amides is 2. The summed E-state index contributed by atoms with van der Waals surface area (Å²) >= 11 is 1.45. The minimum absolute atomic E-state index is 0. The smallest absolute Gasteiger partial charge is 0.282 e. The van der Waals surface area contributed by atoms with Crippen molar-refractivity contribution in [3.05, 3.63) is 86.3 Å². The van der Waals surface area contributed by atoms with Crippen LogP contribution in [0.4, 0.5) is 4.79 Å². The molecule has 9 rings (SSSR count). The molecule has 1 N–H and O–H groups in total. The Morgan fingerprint density at radius 2 is 0.562 bits per heavy atom. The predicted octanol–water partition coefficient (Wildman–Crippen LogP) is 30.3. The van der Waals surface area contributed by atoms with Crippen molar-refractivity contribution in [1.82, 2.24) is 49.4 Å². The molecular formula is C114H222N10O5S. The average Bonchev–Trinajstić information content (AvgIpc) is 1.34. The molecule has 15 nitrogen and oxygen atoms in total. The van der Waals surface area contributed by atoms with Crippen LogP contribution in [0.1, 0.15) is 439 Å². The van der Waals surface area contributed by atoms with Gasteiger partial charge in [0.05, 0.1) is 31.9 Å². The largest absolute Gasteiger partial charge is 0.479 e. The van der Waals surface area contributed by atoms with Crippen LogP contribution in [-0.4, -0.2) is 205 Å². The Bertz CT molecular complexity index is 3200. The fourth-order valence-corrected chi connectivity index (χ4v) is 22.0. The maximum Gasteiger partial charge on any atom is 0.282 e. The first kappa shape index (κ1) is 126. The number of carbonyl (C=O) groups excluding carboxylic acids is 2. The first-order valence-electron chi connectivity index (χ1n) is 49.9. The third-order valence-electron chi connectivity index (χ3n) is 26.4. The molecule has 0 aliphatic carbocycles. The van der Waals surface area contributed by atoms with E-state index in [2.05, 4.69) is 460 Å². The van der Waals surface area contributed by atoms with Crippen LogP contribution in [0.5, 0.6) is 0 Å². The molecule has 0 aromatic rings. The molecule has 9 heterocycles. The summed E-state index contributed by atoms with van der Waals surface area (Å²) in [4.78, 5) is 44.4. The van der Waals surface area contributed by atoms with Gasteiger partial charge in [-0.25, -0.2) is 0 Å². The normalized spacial score (nSPS) is 24.2. The number of hydrogen-bond donors (Lipinski definition) is 1. The Balaban J connectivity index is 0.00000144. The van der Waals surface area contributed by atoms with E-state index in [0.29, 0.717) is 83.1 Å². The van der Waals surface area contributed by atoms with Crippen molar-refractivity contribution in [2.45, 2.75) is 543 Å². The van der Waals surface area contributed by atoms with Gasteiger partial charge in [0.1, 0.15) is 6.61 Å². The number of nitrogens with one attached hydrogen (secondary N) is 1. The third kappa shape index (κ3) is 37.2. The molecule has 16 heteroatoms. The number of thioether (sulfide) groups is 1. The SMILES string of the molecule is C.C=C1CCC(C(C)(C)C)N1C(C)(C)C.C=C1CCC(C(C)(C)C)N1C(C)(C)C.C=C1CCCC(C(C)(C)C)N1C(C)(C)C.C=C1CNCC(C(C)(C)C)N1C(C)(C)C.C=C1COCC(C(C)(C)C)N1C(C)(C)C.C=C1OCC(C(C)(C)C)N1C(C)(C)C.C=C1OCCC(C(C)(C)C)N1C(C)(C)C.CC(C)(C)C1CC(=O)N1C(C)(C)C.CC(C)(C)C1CSC(=O)N1C(C)(C)C. The average molecular weight is 1850 g/mol. The number of ether oxygens (including phenoxy) is 3. The van der Waals surface area contributed by atoms with E-state index < -0.39 is 0 Å². The predicted molar refractivity (Wildman–Crippen MR) is 574 cm³/mol. The van der Waals surface area contributed by atoms with Gasteiger partial charge in [0.2, 0.25) is 5.91 Å². The Morgan fingerprint density at radius 3 is 0.823 bits per heavy atom. The van der Waals surface area contributed by atoms with Crippen LogP contribution in [0.15, 0.2) is 86.3 Å². The van der Waals surface area contributed by atoms with Crippen molar-refractivity contribution in [1.29, 1.82) is 0 Å². The number of carbonyl (C=O) groups is 2. The number of piperidine rings is 1. The molecule has 2 amide bonds. The van der Waals surface area contributed by atoms with Gasteiger partial charge in [0, 0.05) is 152 Å². The number of hydrogen-bond acceptors (Lipinski definition) is 14. The highest BCUT2D eigenvalue weighted by atomic mass is 32.2. The number of allylic oxidation sites excluding steroid dienone is 3. The number of morpholine rings is 1. The molecule has 0 aromatic carbocycles. The van der Waals surface area contributed by atoms with Gasteiger partial charge in [-0.1, -0.05) is 239 Å². The van der Waals surface area contributed by atoms with Crippen LogP contribution in [0.3, 0.4) is 0 Å². The summed E-state index contributed by atoms with van der Waals surface area (Å²) in [6, 6.07) is 4.59. The summed E-state index contributed by atoms with van der Waals surface area (Å²) < 4.78 is 16.7. The number of likely N-dealkylation sites (tertiary alicyclic amines) is 4. The van der Waals surface area contributed by atoms with E-state index in [4.69, 9.17) is 14.2 Å². The topological polar surface area (TPSA) is 103 Å². The minimum atomic E-state index is -0.0570. The molecule has 9 aliphatic rings. The zero-order valence-corrected chi connectivity index (χ0v) is 96.8. The van der Waals surface area contributed by atoms with E-state index in [9.17, 15) is 9.59 Å². The van der Waals surface area contributed by atoms with Crippen LogP contribution >= 0.6 is 11.8 Å². The van der Waals surface area contributed by atoms with Gasteiger partial charge in [0.15, 0.2) is 11.8 Å². The standard InChI is InChI=1S/C14H27N.C13H26N2.2C13H25NO.2C13H25N.C12H23NO.C11H21NOS.C11H21NO.CH4/c1-11-9-8-10-12(13(2,3)4)15(11)14(5,6)7;1-10-8-14-9-11(12(2,3)4)15(10)13(5,6)7;1-10-8-15-9-11(12(2,3)4)14(10)13(5,6)7;1-10-14(13(5,6)7)11(8-9-15-10)12(2,3)4;2*1-10-8-9-11(12(2,3)4)14(10)13(5,6)7;1-9-13(12(5,6)7)10(8-14-9)11(2,3)4;1-10(2,3)8-7-14-9(13)12(8)11(4,5)6;1-10(2,3)8-7-9(13)12(8)11(4,5)6;/h12H,1,8-10H2,2-7H3;11,14H,1,8-9H2,2-7H3;2*11H,1,8-9H2,2-7H3;2*11H,1,8-9H2,2-7H3;10H,1,8H2,2-7H3;8H,7H2,1-6H3;8H,7H2,1-6H3;1H4. The van der Waals surface area contributed by atoms with Crippen molar-refractivity contribution in [3.63, 3.8) is 0 Å². The van der Waals surface area contributed by atoms with Crippen LogP contribution in [0, 0.1) is 48.7 Å². The van der Waals surface area contributed by atoms with E-state index in [1.165, 1.54) is 79.5 Å². The fraction of sp³-hybridized carbons (Fsp3) is 0.860. The highest BCUT2D eigenvalue weighted by molar-refractivity contribution is 8.13. The number of β-lactam (4-membered cyclic amide) rings is 1. The van der Waals surface area contributed by atoms with Crippen LogP contribution in [0.2, 0.25) is 0 Å². The second-order valence-corrected chi connectivity index (χ2v) is 58.6. The van der Waals surface area contributed by atoms with Crippen molar-refractivity contribution >= 4 is 22.9 Å². The van der Waals surface area contributed by atoms with Crippen LogP contribution in [0.25, 0.3) is 0 Å². The first-order valence-corrected chi connectivity index (χ1v) is 50.9. The van der Waals surface area contributed by atoms with Gasteiger partial charge >= 0.3 is 0 Å².